The molecule has 0 atom stereocenters. The maximum absolute atomic E-state index is 10.2. The van der Waals surface area contributed by atoms with Crippen LogP contribution in [0.25, 0.3) is 72.2 Å². The molecule has 4 saturated carbocycles. The lowest BCUT2D eigenvalue weighted by Crippen LogP contribution is -2.49. The highest BCUT2D eigenvalue weighted by Gasteiger charge is 2.53. The molecule has 0 N–H and O–H groups in total. The lowest BCUT2D eigenvalue weighted by Gasteiger charge is -2.56. The van der Waals surface area contributed by atoms with Crippen LogP contribution in [0.4, 0.5) is 0 Å². The van der Waals surface area contributed by atoms with Gasteiger partial charge in [-0.25, -0.2) is 15.0 Å². The summed E-state index contributed by atoms with van der Waals surface area (Å²) in [6.45, 7) is 0. The van der Waals surface area contributed by atoms with Crippen molar-refractivity contribution in [2.24, 2.45) is 17.8 Å². The number of hydrogen-bond acceptors (Lipinski definition) is 5. The molecule has 50 heavy (non-hydrogen) atoms. The van der Waals surface area contributed by atoms with Crippen LogP contribution >= 0.6 is 0 Å². The number of furan rings is 1. The van der Waals surface area contributed by atoms with E-state index in [0.717, 1.165) is 103 Å². The number of nitriles is 1. The minimum atomic E-state index is -0.0301. The molecule has 3 heterocycles. The van der Waals surface area contributed by atoms with Gasteiger partial charge in [0.25, 0.3) is 0 Å². The molecule has 4 aliphatic carbocycles. The molecule has 4 aliphatic rings. The van der Waals surface area contributed by atoms with Gasteiger partial charge in [-0.2, -0.15) is 5.26 Å². The Hall–Kier alpha value is -5.80. The van der Waals surface area contributed by atoms with Crippen LogP contribution in [0.2, 0.25) is 0 Å². The van der Waals surface area contributed by atoms with Gasteiger partial charge in [-0.3, -0.25) is 0 Å². The third-order valence-electron chi connectivity index (χ3n) is 12.0. The number of fused-ring (bicyclic) bond motifs is 7. The first-order chi connectivity index (χ1) is 24.6. The predicted molar refractivity (Wildman–Crippen MR) is 197 cm³/mol. The zero-order valence-corrected chi connectivity index (χ0v) is 27.5. The van der Waals surface area contributed by atoms with Crippen molar-refractivity contribution in [2.75, 3.05) is 0 Å². The molecule has 8 aromatic rings. The molecule has 12 rings (SSSR count). The third kappa shape index (κ3) is 4.04. The van der Waals surface area contributed by atoms with E-state index in [1.54, 1.807) is 0 Å². The highest BCUT2D eigenvalue weighted by atomic mass is 16.3. The molecule has 4 fully saturated rings. The molecule has 0 amide bonds. The van der Waals surface area contributed by atoms with Crippen LogP contribution in [0, 0.1) is 29.1 Å². The second-order valence-corrected chi connectivity index (χ2v) is 15.0. The molecule has 4 bridgehead atoms. The maximum Gasteiger partial charge on any atom is 0.165 e. The number of hydrogen-bond donors (Lipinski definition) is 0. The smallest absolute Gasteiger partial charge is 0.165 e. The summed E-state index contributed by atoms with van der Waals surface area (Å²) in [6.07, 6.45) is 7.51. The Morgan fingerprint density at radius 3 is 2.14 bits per heavy atom. The molecule has 240 valence electrons. The number of aromatic nitrogens is 4. The number of rotatable bonds is 4. The van der Waals surface area contributed by atoms with Crippen molar-refractivity contribution in [2.45, 2.75) is 43.9 Å². The van der Waals surface area contributed by atoms with Crippen molar-refractivity contribution >= 4 is 43.7 Å². The summed E-state index contributed by atoms with van der Waals surface area (Å²) >= 11 is 0. The van der Waals surface area contributed by atoms with E-state index in [1.807, 2.05) is 42.5 Å². The first-order valence-corrected chi connectivity index (χ1v) is 17.8. The Morgan fingerprint density at radius 1 is 0.660 bits per heavy atom. The highest BCUT2D eigenvalue weighted by molar-refractivity contribution is 6.24. The van der Waals surface area contributed by atoms with Crippen molar-refractivity contribution in [3.05, 3.63) is 121 Å². The van der Waals surface area contributed by atoms with E-state index in [1.165, 1.54) is 19.3 Å². The van der Waals surface area contributed by atoms with Crippen LogP contribution in [-0.2, 0) is 5.41 Å². The fourth-order valence-corrected chi connectivity index (χ4v) is 10.3. The van der Waals surface area contributed by atoms with E-state index in [-0.39, 0.29) is 5.41 Å². The fraction of sp³-hybridized carbons (Fsp3) is 0.227. The Balaban J connectivity index is 1.23. The summed E-state index contributed by atoms with van der Waals surface area (Å²) in [4.78, 5) is 16.0. The van der Waals surface area contributed by atoms with Gasteiger partial charge < -0.3 is 8.98 Å². The molecule has 6 heteroatoms. The SMILES string of the molecule is N#Cc1ccc(-n2c3ccccc3c3ccc4oc5ccccc5c4c32)c(-c2nc(-c3ccccc3)nc(C34CC5C[C@H](C3)C[C@H](C5)C4)n2)c1. The largest absolute Gasteiger partial charge is 0.456 e. The molecule has 0 saturated heterocycles. The quantitative estimate of drug-likeness (QED) is 0.190. The highest BCUT2D eigenvalue weighted by Crippen LogP contribution is 2.60. The summed E-state index contributed by atoms with van der Waals surface area (Å²) in [5, 5.41) is 14.7. The van der Waals surface area contributed by atoms with Crippen LogP contribution in [0.5, 0.6) is 0 Å². The standard InChI is InChI=1S/C44H33N5O/c45-25-26-14-16-36(49-35-12-6-4-10-31(35)32-15-17-38-39(40(32)49)33-11-5-7-13-37(33)50-38)34(21-26)42-46-41(30-8-2-1-3-9-30)47-43(48-42)44-22-27-18-28(23-44)20-29(19-27)24-44/h1-17,21,27-29H,18-20,22-24H2/t27-,28-,29?,44?/m1/s1. The first kappa shape index (κ1) is 28.1. The average molecular weight is 648 g/mol. The van der Waals surface area contributed by atoms with Gasteiger partial charge in [-0.1, -0.05) is 66.7 Å². The summed E-state index contributed by atoms with van der Waals surface area (Å²) in [7, 11) is 0. The van der Waals surface area contributed by atoms with E-state index in [2.05, 4.69) is 77.4 Å². The first-order valence-electron chi connectivity index (χ1n) is 17.8. The van der Waals surface area contributed by atoms with Crippen molar-refractivity contribution in [3.63, 3.8) is 0 Å². The summed E-state index contributed by atoms with van der Waals surface area (Å²) in [5.74, 6) is 4.50. The molecule has 0 aliphatic heterocycles. The van der Waals surface area contributed by atoms with Gasteiger partial charge in [0.15, 0.2) is 11.6 Å². The van der Waals surface area contributed by atoms with Crippen molar-refractivity contribution in [3.8, 4) is 34.5 Å². The van der Waals surface area contributed by atoms with Crippen LogP contribution in [0.15, 0.2) is 114 Å². The van der Waals surface area contributed by atoms with Gasteiger partial charge in [0.2, 0.25) is 0 Å². The van der Waals surface area contributed by atoms with Gasteiger partial charge in [0.05, 0.1) is 33.7 Å². The third-order valence-corrected chi connectivity index (χ3v) is 12.0. The summed E-state index contributed by atoms with van der Waals surface area (Å²) in [5.41, 5.74) is 7.10. The lowest BCUT2D eigenvalue weighted by molar-refractivity contribution is -0.00938. The van der Waals surface area contributed by atoms with E-state index in [4.69, 9.17) is 19.4 Å². The Kier molecular flexibility index (Phi) is 5.81. The number of para-hydroxylation sites is 2. The molecular formula is C44H33N5O. The van der Waals surface area contributed by atoms with Gasteiger partial charge in [0, 0.05) is 32.7 Å². The van der Waals surface area contributed by atoms with Crippen molar-refractivity contribution in [1.29, 1.82) is 5.26 Å². The van der Waals surface area contributed by atoms with E-state index in [0.29, 0.717) is 17.2 Å². The predicted octanol–water partition coefficient (Wildman–Crippen LogP) is 10.5. The van der Waals surface area contributed by atoms with Gasteiger partial charge in [-0.15, -0.1) is 0 Å². The normalized spacial score (nSPS) is 22.6. The summed E-state index contributed by atoms with van der Waals surface area (Å²) in [6, 6.07) is 39.7. The number of nitrogens with zero attached hydrogens (tertiary/aromatic N) is 5. The summed E-state index contributed by atoms with van der Waals surface area (Å²) < 4.78 is 8.74. The van der Waals surface area contributed by atoms with E-state index >= 15 is 0 Å². The van der Waals surface area contributed by atoms with Crippen molar-refractivity contribution < 1.29 is 4.42 Å². The van der Waals surface area contributed by atoms with Crippen LogP contribution in [-0.4, -0.2) is 19.5 Å². The Morgan fingerprint density at radius 2 is 1.36 bits per heavy atom. The average Bonchev–Trinajstić information content (AvgIpc) is 3.70. The zero-order valence-electron chi connectivity index (χ0n) is 27.5. The maximum atomic E-state index is 10.2. The number of benzene rings is 5. The second kappa shape index (κ2) is 10.4. The van der Waals surface area contributed by atoms with Crippen LogP contribution < -0.4 is 0 Å². The monoisotopic (exact) mass is 647 g/mol. The lowest BCUT2D eigenvalue weighted by atomic mass is 9.49. The Bertz CT molecular complexity index is 2680. The molecule has 0 unspecified atom stereocenters. The molecule has 6 nitrogen and oxygen atoms in total. The fourth-order valence-electron chi connectivity index (χ4n) is 10.3. The molecule has 0 radical (unpaired) electrons. The Labute approximate surface area is 289 Å². The van der Waals surface area contributed by atoms with Crippen molar-refractivity contribution in [1.82, 2.24) is 19.5 Å². The molecular weight excluding hydrogens is 615 g/mol. The molecule has 3 aromatic heterocycles. The second-order valence-electron chi connectivity index (χ2n) is 15.0. The van der Waals surface area contributed by atoms with Gasteiger partial charge in [0.1, 0.15) is 17.0 Å². The molecule has 0 spiro atoms. The zero-order chi connectivity index (χ0) is 33.0. The van der Waals surface area contributed by atoms with E-state index in [9.17, 15) is 5.26 Å². The minimum Gasteiger partial charge on any atom is -0.456 e. The van der Waals surface area contributed by atoms with E-state index < -0.39 is 0 Å². The molecule has 5 aromatic carbocycles. The topological polar surface area (TPSA) is 80.5 Å². The minimum absolute atomic E-state index is 0.0301. The van der Waals surface area contributed by atoms with Gasteiger partial charge >= 0.3 is 0 Å². The van der Waals surface area contributed by atoms with Crippen LogP contribution in [0.3, 0.4) is 0 Å². The van der Waals surface area contributed by atoms with Crippen LogP contribution in [0.1, 0.15) is 49.9 Å². The van der Waals surface area contributed by atoms with Gasteiger partial charge in [-0.05, 0) is 98.7 Å².